The van der Waals surface area contributed by atoms with Crippen LogP contribution in [0.2, 0.25) is 0 Å². The van der Waals surface area contributed by atoms with Gasteiger partial charge in [-0.1, -0.05) is 13.8 Å². The second-order valence-electron chi connectivity index (χ2n) is 4.93. The summed E-state index contributed by atoms with van der Waals surface area (Å²) >= 11 is 0. The second kappa shape index (κ2) is 5.84. The molecule has 0 radical (unpaired) electrons. The van der Waals surface area contributed by atoms with Crippen molar-refractivity contribution in [2.45, 2.75) is 32.7 Å². The predicted molar refractivity (Wildman–Crippen MR) is 64.8 cm³/mol. The van der Waals surface area contributed by atoms with Crippen molar-refractivity contribution >= 4 is 17.8 Å². The van der Waals surface area contributed by atoms with E-state index in [2.05, 4.69) is 5.32 Å². The molecule has 0 bridgehead atoms. The summed E-state index contributed by atoms with van der Waals surface area (Å²) in [7, 11) is 1.70. The highest BCUT2D eigenvalue weighted by Crippen LogP contribution is 2.14. The van der Waals surface area contributed by atoms with Crippen molar-refractivity contribution in [1.29, 1.82) is 0 Å². The molecule has 1 heterocycles. The van der Waals surface area contributed by atoms with Gasteiger partial charge in [0, 0.05) is 32.0 Å². The first kappa shape index (κ1) is 14.5. The molecule has 0 aliphatic carbocycles. The van der Waals surface area contributed by atoms with Crippen LogP contribution in [0.1, 0.15) is 26.7 Å². The molecule has 1 aliphatic heterocycles. The molecule has 0 aromatic carbocycles. The minimum absolute atomic E-state index is 0.0763. The molecule has 3 atom stereocenters. The number of nitrogens with one attached hydrogen (secondary N) is 1. The lowest BCUT2D eigenvalue weighted by atomic mass is 9.94. The Morgan fingerprint density at radius 3 is 2.50 bits per heavy atom. The fourth-order valence-corrected chi connectivity index (χ4v) is 1.90. The van der Waals surface area contributed by atoms with Crippen LogP contribution >= 0.6 is 0 Å². The van der Waals surface area contributed by atoms with Gasteiger partial charge >= 0.3 is 5.97 Å². The summed E-state index contributed by atoms with van der Waals surface area (Å²) in [5, 5.41) is 11.7. The molecule has 1 saturated heterocycles. The van der Waals surface area contributed by atoms with Crippen LogP contribution in [-0.4, -0.2) is 47.4 Å². The van der Waals surface area contributed by atoms with E-state index >= 15 is 0 Å². The van der Waals surface area contributed by atoms with E-state index in [9.17, 15) is 14.4 Å². The van der Waals surface area contributed by atoms with E-state index in [0.717, 1.165) is 0 Å². The number of amides is 2. The number of carbonyl (C=O) groups excluding carboxylic acids is 2. The molecule has 2 amide bonds. The van der Waals surface area contributed by atoms with E-state index in [1.54, 1.807) is 18.9 Å². The summed E-state index contributed by atoms with van der Waals surface area (Å²) in [5.41, 5.74) is 0. The molecule has 6 heteroatoms. The zero-order valence-corrected chi connectivity index (χ0v) is 11.0. The van der Waals surface area contributed by atoms with Crippen LogP contribution in [0.4, 0.5) is 0 Å². The number of carboxylic acids is 1. The lowest BCUT2D eigenvalue weighted by molar-refractivity contribution is -0.146. The average molecular weight is 256 g/mol. The zero-order valence-electron chi connectivity index (χ0n) is 11.0. The fraction of sp³-hybridized carbons (Fsp3) is 0.750. The third-order valence-corrected chi connectivity index (χ3v) is 3.53. The van der Waals surface area contributed by atoms with E-state index in [1.165, 1.54) is 6.92 Å². The smallest absolute Gasteiger partial charge is 0.307 e. The lowest BCUT2D eigenvalue weighted by Crippen LogP contribution is -2.50. The summed E-state index contributed by atoms with van der Waals surface area (Å²) < 4.78 is 0. The standard InChI is InChI=1S/C12H20N2O4/c1-7(8(2)12(17)18)11(16)13-9-4-5-10(15)14(3)6-9/h7-9H,4-6H2,1-3H3,(H,13,16)(H,17,18). The maximum absolute atomic E-state index is 11.9. The third kappa shape index (κ3) is 3.45. The molecule has 6 nitrogen and oxygen atoms in total. The Labute approximate surface area is 106 Å². The van der Waals surface area contributed by atoms with Gasteiger partial charge in [-0.3, -0.25) is 14.4 Å². The summed E-state index contributed by atoms with van der Waals surface area (Å²) in [4.78, 5) is 35.5. The molecule has 2 N–H and O–H groups in total. The number of hydrogen-bond donors (Lipinski definition) is 2. The van der Waals surface area contributed by atoms with Crippen molar-refractivity contribution in [2.75, 3.05) is 13.6 Å². The van der Waals surface area contributed by atoms with Gasteiger partial charge in [0.2, 0.25) is 11.8 Å². The molecule has 0 spiro atoms. The van der Waals surface area contributed by atoms with Gasteiger partial charge in [-0.05, 0) is 6.42 Å². The van der Waals surface area contributed by atoms with Crippen molar-refractivity contribution in [2.24, 2.45) is 11.8 Å². The quantitative estimate of drug-likeness (QED) is 0.745. The van der Waals surface area contributed by atoms with Gasteiger partial charge < -0.3 is 15.3 Å². The predicted octanol–water partition coefficient (Wildman–Crippen LogP) is 0.0802. The summed E-state index contributed by atoms with van der Waals surface area (Å²) in [6.45, 7) is 3.60. The second-order valence-corrected chi connectivity index (χ2v) is 4.93. The number of carbonyl (C=O) groups is 3. The van der Waals surface area contributed by atoms with Crippen LogP contribution in [0, 0.1) is 11.8 Å². The molecule has 3 unspecified atom stereocenters. The van der Waals surface area contributed by atoms with Crippen LogP contribution in [-0.2, 0) is 14.4 Å². The van der Waals surface area contributed by atoms with Gasteiger partial charge in [-0.15, -0.1) is 0 Å². The van der Waals surface area contributed by atoms with E-state index in [1.807, 2.05) is 0 Å². The zero-order chi connectivity index (χ0) is 13.9. The normalized spacial score (nSPS) is 23.4. The van der Waals surface area contributed by atoms with Crippen molar-refractivity contribution in [1.82, 2.24) is 10.2 Å². The van der Waals surface area contributed by atoms with Crippen LogP contribution < -0.4 is 5.32 Å². The fourth-order valence-electron chi connectivity index (χ4n) is 1.90. The Bertz CT molecular complexity index is 356. The van der Waals surface area contributed by atoms with E-state index in [4.69, 9.17) is 5.11 Å². The van der Waals surface area contributed by atoms with E-state index in [0.29, 0.717) is 19.4 Å². The number of likely N-dealkylation sites (N-methyl/N-ethyl adjacent to an activating group) is 1. The first-order chi connectivity index (χ1) is 8.32. The van der Waals surface area contributed by atoms with Crippen LogP contribution in [0.15, 0.2) is 0 Å². The Hall–Kier alpha value is -1.59. The van der Waals surface area contributed by atoms with Gasteiger partial charge in [0.25, 0.3) is 0 Å². The maximum Gasteiger partial charge on any atom is 0.307 e. The number of piperidine rings is 1. The number of carboxylic acid groups (broad SMARTS) is 1. The van der Waals surface area contributed by atoms with Crippen molar-refractivity contribution in [3.63, 3.8) is 0 Å². The van der Waals surface area contributed by atoms with Crippen LogP contribution in [0.5, 0.6) is 0 Å². The number of likely N-dealkylation sites (tertiary alicyclic amines) is 1. The molecule has 1 fully saturated rings. The van der Waals surface area contributed by atoms with Crippen molar-refractivity contribution < 1.29 is 19.5 Å². The molecule has 102 valence electrons. The van der Waals surface area contributed by atoms with Gasteiger partial charge in [-0.25, -0.2) is 0 Å². The molecule has 0 aromatic heterocycles. The first-order valence-electron chi connectivity index (χ1n) is 6.10. The summed E-state index contributed by atoms with van der Waals surface area (Å²) in [6.07, 6.45) is 1.04. The number of hydrogen-bond acceptors (Lipinski definition) is 3. The van der Waals surface area contributed by atoms with Crippen LogP contribution in [0.25, 0.3) is 0 Å². The first-order valence-corrected chi connectivity index (χ1v) is 6.10. The van der Waals surface area contributed by atoms with Gasteiger partial charge in [0.15, 0.2) is 0 Å². The molecule has 0 aromatic rings. The minimum atomic E-state index is -0.978. The molecule has 1 rings (SSSR count). The monoisotopic (exact) mass is 256 g/mol. The Kier molecular flexibility index (Phi) is 4.69. The number of aliphatic carboxylic acids is 1. The van der Waals surface area contributed by atoms with Crippen LogP contribution in [0.3, 0.4) is 0 Å². The highest BCUT2D eigenvalue weighted by atomic mass is 16.4. The highest BCUT2D eigenvalue weighted by Gasteiger charge is 2.29. The third-order valence-electron chi connectivity index (χ3n) is 3.53. The topological polar surface area (TPSA) is 86.7 Å². The summed E-state index contributed by atoms with van der Waals surface area (Å²) in [5.74, 6) is -2.46. The van der Waals surface area contributed by atoms with E-state index < -0.39 is 17.8 Å². The molecule has 0 saturated carbocycles. The number of rotatable bonds is 4. The molecule has 1 aliphatic rings. The molecule has 18 heavy (non-hydrogen) atoms. The number of nitrogens with zero attached hydrogens (tertiary/aromatic N) is 1. The van der Waals surface area contributed by atoms with E-state index in [-0.39, 0.29) is 17.9 Å². The van der Waals surface area contributed by atoms with Crippen molar-refractivity contribution in [3.8, 4) is 0 Å². The highest BCUT2D eigenvalue weighted by molar-refractivity contribution is 5.84. The average Bonchev–Trinajstić information content (AvgIpc) is 2.31. The van der Waals surface area contributed by atoms with Gasteiger partial charge in [-0.2, -0.15) is 0 Å². The Balaban J connectivity index is 2.50. The maximum atomic E-state index is 11.9. The van der Waals surface area contributed by atoms with Gasteiger partial charge in [0.05, 0.1) is 5.92 Å². The minimum Gasteiger partial charge on any atom is -0.481 e. The van der Waals surface area contributed by atoms with Gasteiger partial charge in [0.1, 0.15) is 0 Å². The summed E-state index contributed by atoms with van der Waals surface area (Å²) in [6, 6.07) is -0.0800. The molecular formula is C12H20N2O4. The lowest BCUT2D eigenvalue weighted by Gasteiger charge is -2.31. The Morgan fingerprint density at radius 2 is 2.00 bits per heavy atom. The van der Waals surface area contributed by atoms with Crippen molar-refractivity contribution in [3.05, 3.63) is 0 Å². The SMILES string of the molecule is CC(C(=O)O)C(C)C(=O)NC1CCC(=O)N(C)C1. The molecular weight excluding hydrogens is 236 g/mol. The Morgan fingerprint density at radius 1 is 1.39 bits per heavy atom. The largest absolute Gasteiger partial charge is 0.481 e.